The minimum absolute atomic E-state index is 0.168. The molecule has 1 heterocycles. The fourth-order valence-corrected chi connectivity index (χ4v) is 2.81. The Hall–Kier alpha value is -3.21. The number of benzene rings is 2. The van der Waals surface area contributed by atoms with Gasteiger partial charge in [0.2, 0.25) is 5.91 Å². The van der Waals surface area contributed by atoms with Crippen molar-refractivity contribution < 1.29 is 9.18 Å². The normalized spacial score (nSPS) is 11.2. The second-order valence-corrected chi connectivity index (χ2v) is 7.12. The van der Waals surface area contributed by atoms with Crippen molar-refractivity contribution in [3.63, 3.8) is 0 Å². The minimum atomic E-state index is -0.442. The van der Waals surface area contributed by atoms with Crippen molar-refractivity contribution in [2.45, 2.75) is 19.3 Å². The molecular weight excluding hydrogens is 341 g/mol. The Balaban J connectivity index is 1.66. The van der Waals surface area contributed by atoms with E-state index in [9.17, 15) is 9.18 Å². The molecular formula is C22H22FN3O. The molecule has 0 atom stereocenters. The van der Waals surface area contributed by atoms with Gasteiger partial charge in [0.15, 0.2) is 0 Å². The zero-order chi connectivity index (χ0) is 19.4. The minimum Gasteiger partial charge on any atom is -0.369 e. The van der Waals surface area contributed by atoms with E-state index in [0.717, 1.165) is 22.5 Å². The number of aromatic nitrogens is 1. The lowest BCUT2D eigenvalue weighted by atomic mass is 9.84. The van der Waals surface area contributed by atoms with Gasteiger partial charge in [0.25, 0.3) is 0 Å². The highest BCUT2D eigenvalue weighted by molar-refractivity contribution is 5.93. The zero-order valence-corrected chi connectivity index (χ0v) is 15.4. The molecule has 1 amide bonds. The van der Waals surface area contributed by atoms with E-state index in [2.05, 4.69) is 24.1 Å². The fourth-order valence-electron chi connectivity index (χ4n) is 2.81. The quantitative estimate of drug-likeness (QED) is 0.683. The molecule has 0 aliphatic carbocycles. The standard InChI is InChI=1S/C22H22FN3O/c1-22(2,18-8-10-19(23)11-9-18)14-26-20-12-7-17(13-25-20)15-3-5-16(6-4-15)21(24)27/h3-13H,14H2,1-2H3,(H2,24,27)(H,25,26). The van der Waals surface area contributed by atoms with Crippen LogP contribution in [0.25, 0.3) is 11.1 Å². The summed E-state index contributed by atoms with van der Waals surface area (Å²) in [4.78, 5) is 15.6. The molecule has 3 rings (SSSR count). The number of carbonyl (C=O) groups is 1. The molecule has 0 unspecified atom stereocenters. The molecule has 0 aliphatic heterocycles. The van der Waals surface area contributed by atoms with Gasteiger partial charge in [-0.2, -0.15) is 0 Å². The van der Waals surface area contributed by atoms with Crippen molar-refractivity contribution in [1.82, 2.24) is 4.98 Å². The van der Waals surface area contributed by atoms with Gasteiger partial charge in [-0.1, -0.05) is 38.1 Å². The molecule has 0 radical (unpaired) electrons. The van der Waals surface area contributed by atoms with Crippen LogP contribution < -0.4 is 11.1 Å². The first kappa shape index (κ1) is 18.6. The third-order valence-electron chi connectivity index (χ3n) is 4.60. The molecule has 4 nitrogen and oxygen atoms in total. The summed E-state index contributed by atoms with van der Waals surface area (Å²) in [6, 6.07) is 17.6. The molecule has 1 aromatic heterocycles. The van der Waals surface area contributed by atoms with Crippen LogP contribution in [0.2, 0.25) is 0 Å². The van der Waals surface area contributed by atoms with Gasteiger partial charge in [0, 0.05) is 29.3 Å². The Labute approximate surface area is 158 Å². The van der Waals surface area contributed by atoms with Gasteiger partial charge in [0.1, 0.15) is 11.6 Å². The second kappa shape index (κ2) is 7.58. The largest absolute Gasteiger partial charge is 0.369 e. The number of hydrogen-bond acceptors (Lipinski definition) is 3. The maximum atomic E-state index is 13.1. The highest BCUT2D eigenvalue weighted by Crippen LogP contribution is 2.25. The Kier molecular flexibility index (Phi) is 5.21. The number of nitrogens with two attached hydrogens (primary N) is 1. The molecule has 3 aromatic rings. The van der Waals surface area contributed by atoms with Crippen molar-refractivity contribution >= 4 is 11.7 Å². The molecule has 2 aromatic carbocycles. The highest BCUT2D eigenvalue weighted by Gasteiger charge is 2.20. The Morgan fingerprint density at radius 2 is 1.63 bits per heavy atom. The third-order valence-corrected chi connectivity index (χ3v) is 4.60. The van der Waals surface area contributed by atoms with E-state index in [-0.39, 0.29) is 11.2 Å². The highest BCUT2D eigenvalue weighted by atomic mass is 19.1. The number of pyridine rings is 1. The number of amides is 1. The number of nitrogens with one attached hydrogen (secondary N) is 1. The van der Waals surface area contributed by atoms with Crippen LogP contribution in [0.15, 0.2) is 66.9 Å². The van der Waals surface area contributed by atoms with Gasteiger partial charge in [0.05, 0.1) is 0 Å². The Bertz CT molecular complexity index is 917. The number of halogens is 1. The average molecular weight is 363 g/mol. The maximum Gasteiger partial charge on any atom is 0.248 e. The van der Waals surface area contributed by atoms with E-state index in [4.69, 9.17) is 5.73 Å². The Morgan fingerprint density at radius 1 is 1.00 bits per heavy atom. The van der Waals surface area contributed by atoms with Crippen molar-refractivity contribution in [3.8, 4) is 11.1 Å². The molecule has 0 spiro atoms. The van der Waals surface area contributed by atoms with Gasteiger partial charge in [-0.3, -0.25) is 4.79 Å². The van der Waals surface area contributed by atoms with E-state index >= 15 is 0 Å². The van der Waals surface area contributed by atoms with E-state index < -0.39 is 5.91 Å². The van der Waals surface area contributed by atoms with E-state index in [1.54, 1.807) is 18.3 Å². The van der Waals surface area contributed by atoms with Crippen molar-refractivity contribution in [2.75, 3.05) is 11.9 Å². The fraction of sp³-hybridized carbons (Fsp3) is 0.182. The number of hydrogen-bond donors (Lipinski definition) is 2. The number of primary amides is 1. The van der Waals surface area contributed by atoms with Crippen molar-refractivity contribution in [3.05, 3.63) is 83.8 Å². The predicted octanol–water partition coefficient (Wildman–Crippen LogP) is 4.38. The molecule has 3 N–H and O–H groups in total. The average Bonchev–Trinajstić information content (AvgIpc) is 2.67. The number of rotatable bonds is 6. The molecule has 0 saturated heterocycles. The van der Waals surface area contributed by atoms with E-state index in [1.807, 2.05) is 36.4 Å². The summed E-state index contributed by atoms with van der Waals surface area (Å²) < 4.78 is 13.1. The molecule has 138 valence electrons. The molecule has 5 heteroatoms. The SMILES string of the molecule is CC(C)(CNc1ccc(-c2ccc(C(N)=O)cc2)cn1)c1ccc(F)cc1. The first-order chi connectivity index (χ1) is 12.8. The Morgan fingerprint density at radius 3 is 2.19 bits per heavy atom. The van der Waals surface area contributed by atoms with Crippen LogP contribution in [-0.4, -0.2) is 17.4 Å². The molecule has 0 bridgehead atoms. The molecule has 0 saturated carbocycles. The third kappa shape index (κ3) is 4.50. The lowest BCUT2D eigenvalue weighted by molar-refractivity contribution is 0.100. The van der Waals surface area contributed by atoms with Crippen LogP contribution in [0.3, 0.4) is 0 Å². The van der Waals surface area contributed by atoms with Gasteiger partial charge in [-0.05, 0) is 47.5 Å². The van der Waals surface area contributed by atoms with E-state index in [1.165, 1.54) is 12.1 Å². The molecule has 0 aliphatic rings. The second-order valence-electron chi connectivity index (χ2n) is 7.12. The summed E-state index contributed by atoms with van der Waals surface area (Å²) in [5, 5.41) is 3.33. The first-order valence-electron chi connectivity index (χ1n) is 8.71. The van der Waals surface area contributed by atoms with E-state index in [0.29, 0.717) is 12.1 Å². The zero-order valence-electron chi connectivity index (χ0n) is 15.4. The summed E-state index contributed by atoms with van der Waals surface area (Å²) in [6.45, 7) is 4.86. The van der Waals surface area contributed by atoms with Crippen LogP contribution in [0.5, 0.6) is 0 Å². The lowest BCUT2D eigenvalue weighted by Crippen LogP contribution is -2.27. The number of carbonyl (C=O) groups excluding carboxylic acids is 1. The van der Waals surface area contributed by atoms with Crippen LogP contribution in [-0.2, 0) is 5.41 Å². The summed E-state index contributed by atoms with van der Waals surface area (Å²) in [6.07, 6.45) is 1.78. The smallest absolute Gasteiger partial charge is 0.248 e. The van der Waals surface area contributed by atoms with Crippen LogP contribution >= 0.6 is 0 Å². The summed E-state index contributed by atoms with van der Waals surface area (Å²) in [7, 11) is 0. The summed E-state index contributed by atoms with van der Waals surface area (Å²) in [5.41, 5.74) is 8.55. The van der Waals surface area contributed by atoms with Crippen LogP contribution in [0.4, 0.5) is 10.2 Å². The van der Waals surface area contributed by atoms with Gasteiger partial charge in [-0.15, -0.1) is 0 Å². The lowest BCUT2D eigenvalue weighted by Gasteiger charge is -2.26. The van der Waals surface area contributed by atoms with Crippen LogP contribution in [0, 0.1) is 5.82 Å². The first-order valence-corrected chi connectivity index (χ1v) is 8.71. The maximum absolute atomic E-state index is 13.1. The topological polar surface area (TPSA) is 68.0 Å². The van der Waals surface area contributed by atoms with Crippen LogP contribution in [0.1, 0.15) is 29.8 Å². The monoisotopic (exact) mass is 363 g/mol. The van der Waals surface area contributed by atoms with Crippen molar-refractivity contribution in [1.29, 1.82) is 0 Å². The van der Waals surface area contributed by atoms with Gasteiger partial charge < -0.3 is 11.1 Å². The van der Waals surface area contributed by atoms with Gasteiger partial charge in [-0.25, -0.2) is 9.37 Å². The predicted molar refractivity (Wildman–Crippen MR) is 106 cm³/mol. The van der Waals surface area contributed by atoms with Crippen molar-refractivity contribution in [2.24, 2.45) is 5.73 Å². The number of nitrogens with zero attached hydrogens (tertiary/aromatic N) is 1. The number of anilines is 1. The summed E-state index contributed by atoms with van der Waals surface area (Å²) >= 11 is 0. The molecule has 27 heavy (non-hydrogen) atoms. The van der Waals surface area contributed by atoms with Gasteiger partial charge >= 0.3 is 0 Å². The molecule has 0 fully saturated rings. The summed E-state index contributed by atoms with van der Waals surface area (Å²) in [5.74, 6) is 0.0920.